The topological polar surface area (TPSA) is 125 Å². The number of rotatable bonds is 13. The van der Waals surface area contributed by atoms with Crippen molar-refractivity contribution in [3.63, 3.8) is 0 Å². The van der Waals surface area contributed by atoms with Crippen LogP contribution in [0, 0.1) is 5.92 Å². The van der Waals surface area contributed by atoms with Gasteiger partial charge in [-0.25, -0.2) is 0 Å². The first-order valence-electron chi connectivity index (χ1n) is 21.9. The van der Waals surface area contributed by atoms with Gasteiger partial charge in [-0.15, -0.1) is 11.7 Å². The first-order valence-corrected chi connectivity index (χ1v) is 25.0. The smallest absolute Gasteiger partial charge is 0.264 e. The van der Waals surface area contributed by atoms with E-state index in [1.54, 1.807) is 13.2 Å². The number of carbonyl (C=O) groups is 2. The van der Waals surface area contributed by atoms with Gasteiger partial charge in [-0.1, -0.05) is 97.2 Å². The van der Waals surface area contributed by atoms with E-state index >= 15 is 4.79 Å². The van der Waals surface area contributed by atoms with Gasteiger partial charge in [0.05, 0.1) is 51.9 Å². The molecule has 3 saturated heterocycles. The average molecular weight is 852 g/mol. The van der Waals surface area contributed by atoms with Gasteiger partial charge in [0, 0.05) is 42.1 Å². The number of aliphatic hydroxyl groups excluding tert-OH is 1. The summed E-state index contributed by atoms with van der Waals surface area (Å²) in [5.41, 5.74) is 3.04. The zero-order chi connectivity index (χ0) is 43.2. The Labute approximate surface area is 365 Å². The van der Waals surface area contributed by atoms with E-state index in [0.29, 0.717) is 44.7 Å². The quantitative estimate of drug-likeness (QED) is 0.106. The van der Waals surface area contributed by atoms with Crippen LogP contribution < -0.4 is 29.9 Å². The van der Waals surface area contributed by atoms with Crippen molar-refractivity contribution in [2.75, 3.05) is 54.7 Å². The number of para-hydroxylation sites is 1. The van der Waals surface area contributed by atoms with E-state index in [9.17, 15) is 9.90 Å². The number of hydrogen-bond acceptors (Lipinski definition) is 9. The fourth-order valence-electron chi connectivity index (χ4n) is 11.1. The Hall–Kier alpha value is -5.60. The summed E-state index contributed by atoms with van der Waals surface area (Å²) in [6.45, 7) is 13.6. The van der Waals surface area contributed by atoms with Crippen molar-refractivity contribution in [2.24, 2.45) is 5.92 Å². The van der Waals surface area contributed by atoms with Gasteiger partial charge in [-0.05, 0) is 85.9 Å². The largest absolute Gasteiger partial charge is 0.497 e. The number of nitrogens with one attached hydrogen (secondary N) is 1. The number of carbonyl (C=O) groups excluding carboxylic acids is 2. The Balaban J connectivity index is 1.11. The van der Waals surface area contributed by atoms with E-state index in [1.807, 2.05) is 93.5 Å². The highest BCUT2D eigenvalue weighted by Gasteiger charge is 2.66. The monoisotopic (exact) mass is 851 g/mol. The van der Waals surface area contributed by atoms with Crippen molar-refractivity contribution in [2.45, 2.75) is 74.5 Å². The number of aryl methyl sites for hydroxylation is 1. The molecule has 0 radical (unpaired) electrons. The number of fused-ring (bicyclic) bond motifs is 2. The van der Waals surface area contributed by atoms with Crippen LogP contribution in [-0.2, 0) is 26.5 Å². The minimum absolute atomic E-state index is 0.00229. The van der Waals surface area contributed by atoms with Crippen LogP contribution in [0.2, 0.25) is 18.6 Å². The van der Waals surface area contributed by atoms with Gasteiger partial charge in [0.25, 0.3) is 11.8 Å². The van der Waals surface area contributed by atoms with Crippen LogP contribution >= 0.6 is 0 Å². The molecule has 0 bridgehead atoms. The number of hydrogen-bond donors (Lipinski definition) is 2. The minimum Gasteiger partial charge on any atom is -0.497 e. The molecule has 322 valence electrons. The van der Waals surface area contributed by atoms with Crippen LogP contribution in [-0.4, -0.2) is 91.7 Å². The number of ether oxygens (including phenoxy) is 2. The number of benzene rings is 4. The Kier molecular flexibility index (Phi) is 11.2. The fraction of sp³-hybridized carbons (Fsp3) is 0.388. The molecular weight excluding hydrogens is 795 g/mol. The Bertz CT molecular complexity index is 2420. The molecule has 4 aliphatic heterocycles. The summed E-state index contributed by atoms with van der Waals surface area (Å²) >= 11 is 0. The van der Waals surface area contributed by atoms with E-state index in [2.05, 4.69) is 77.5 Å². The third-order valence-corrected chi connectivity index (χ3v) is 18.7. The molecule has 62 heavy (non-hydrogen) atoms. The van der Waals surface area contributed by atoms with Crippen molar-refractivity contribution >= 4 is 42.1 Å². The molecule has 5 atom stereocenters. The van der Waals surface area contributed by atoms with Gasteiger partial charge in [-0.2, -0.15) is 0 Å². The van der Waals surface area contributed by atoms with Gasteiger partial charge in [0.1, 0.15) is 11.3 Å². The van der Waals surface area contributed by atoms with Crippen LogP contribution in [0.25, 0.3) is 0 Å². The van der Waals surface area contributed by atoms with Gasteiger partial charge >= 0.3 is 0 Å². The zero-order valence-electron chi connectivity index (χ0n) is 36.1. The van der Waals surface area contributed by atoms with Crippen molar-refractivity contribution in [3.05, 3.63) is 139 Å². The van der Waals surface area contributed by atoms with E-state index in [4.69, 9.17) is 9.47 Å². The maximum atomic E-state index is 15.3. The first kappa shape index (κ1) is 41.7. The van der Waals surface area contributed by atoms with Crippen LogP contribution in [0.5, 0.6) is 5.75 Å². The van der Waals surface area contributed by atoms with Gasteiger partial charge in [0.15, 0.2) is 5.60 Å². The zero-order valence-corrected chi connectivity index (χ0v) is 37.1. The first-order chi connectivity index (χ1) is 30.1. The predicted molar refractivity (Wildman–Crippen MR) is 245 cm³/mol. The molecule has 4 aromatic carbocycles. The summed E-state index contributed by atoms with van der Waals surface area (Å²) in [5.74, 6) is 0.240. The molecule has 1 unspecified atom stereocenters. The maximum absolute atomic E-state index is 15.3. The molecule has 4 aliphatic rings. The van der Waals surface area contributed by atoms with E-state index < -0.39 is 19.2 Å². The number of anilines is 3. The number of aliphatic hydroxyl groups is 1. The van der Waals surface area contributed by atoms with E-state index in [1.165, 1.54) is 5.19 Å². The second-order valence-corrected chi connectivity index (χ2v) is 22.5. The van der Waals surface area contributed by atoms with Crippen LogP contribution in [0.15, 0.2) is 122 Å². The molecular formula is C49H57N7O5Si. The third kappa shape index (κ3) is 6.77. The van der Waals surface area contributed by atoms with Gasteiger partial charge < -0.3 is 29.7 Å². The molecule has 13 heteroatoms. The summed E-state index contributed by atoms with van der Waals surface area (Å²) < 4.78 is 14.9. The lowest BCUT2D eigenvalue weighted by Gasteiger charge is -2.39. The summed E-state index contributed by atoms with van der Waals surface area (Å²) in [6, 6.07) is 34.5. The molecule has 9 rings (SSSR count). The lowest BCUT2D eigenvalue weighted by molar-refractivity contribution is -0.145. The van der Waals surface area contributed by atoms with Crippen molar-refractivity contribution in [1.82, 2.24) is 20.3 Å². The van der Waals surface area contributed by atoms with E-state index in [-0.39, 0.29) is 41.9 Å². The second-order valence-electron chi connectivity index (χ2n) is 17.8. The molecule has 0 saturated carbocycles. The lowest BCUT2D eigenvalue weighted by atomic mass is 9.82. The average Bonchev–Trinajstić information content (AvgIpc) is 4.03. The van der Waals surface area contributed by atoms with Crippen LogP contribution in [0.3, 0.4) is 0 Å². The molecule has 5 aromatic rings. The molecule has 2 amide bonds. The number of piperidine rings is 1. The Morgan fingerprint density at radius 3 is 2.35 bits per heavy atom. The highest BCUT2D eigenvalue weighted by Crippen LogP contribution is 2.60. The molecule has 0 aliphatic carbocycles. The summed E-state index contributed by atoms with van der Waals surface area (Å²) in [4.78, 5) is 36.2. The van der Waals surface area contributed by atoms with Gasteiger partial charge in [0.2, 0.25) is 0 Å². The SMILES string of the molecule is C=CCN1C(=O)[C@@]2(O[C@@H](CCn3cc(C(CO)c4ccccc4)nn3)[C@H]([Si](C)(C)c3ccc(OC)cc3)[C@H]2C)c2cc(N3CN(c4ccccc4)C4(CCNCC4)C3=O)ccc21. The highest BCUT2D eigenvalue weighted by molar-refractivity contribution is 6.91. The molecule has 5 heterocycles. The predicted octanol–water partition coefficient (Wildman–Crippen LogP) is 6.18. The molecule has 3 fully saturated rings. The third-order valence-electron chi connectivity index (χ3n) is 14.3. The molecule has 1 aromatic heterocycles. The summed E-state index contributed by atoms with van der Waals surface area (Å²) in [5, 5.41) is 24.1. The Morgan fingerprint density at radius 2 is 1.68 bits per heavy atom. The minimum atomic E-state index is -2.44. The highest BCUT2D eigenvalue weighted by atomic mass is 28.3. The number of nitrogens with zero attached hydrogens (tertiary/aromatic N) is 6. The number of amides is 2. The molecule has 2 spiro atoms. The van der Waals surface area contributed by atoms with Crippen molar-refractivity contribution in [3.8, 4) is 5.75 Å². The molecule has 12 nitrogen and oxygen atoms in total. The standard InChI is InChI=1S/C49H57N7O5Si/c1-6-28-54-43-22-17-37(55-33-56(36-15-11-8-12-16-36)48(46(55)58)24-26-50-27-25-48)30-41(43)49(47(54)59)34(2)45(62(4,5)39-20-18-38(60-3)19-21-39)44(61-49)23-29-53-31-42(51-52-53)40(32-57)35-13-9-7-10-14-35/h6-22,30-31,34,40,44-45,50,57H,1,23-29,32-33H2,2-5H3/t34-,40?,44+,45-,49+/m1/s1. The summed E-state index contributed by atoms with van der Waals surface area (Å²) in [6.07, 6.45) is 5.34. The lowest BCUT2D eigenvalue weighted by Crippen LogP contribution is -2.55. The van der Waals surface area contributed by atoms with Crippen LogP contribution in [0.4, 0.5) is 17.1 Å². The van der Waals surface area contributed by atoms with E-state index in [0.717, 1.165) is 47.0 Å². The maximum Gasteiger partial charge on any atom is 0.264 e. The number of methoxy groups -OCH3 is 1. The Morgan fingerprint density at radius 1 is 0.968 bits per heavy atom. The second kappa shape index (κ2) is 16.6. The van der Waals surface area contributed by atoms with Gasteiger partial charge in [-0.3, -0.25) is 19.2 Å². The fourth-order valence-corrected chi connectivity index (χ4v) is 15.2. The number of aromatic nitrogens is 3. The van der Waals surface area contributed by atoms with Crippen molar-refractivity contribution in [1.29, 1.82) is 0 Å². The normalized spacial score (nSPS) is 23.7. The van der Waals surface area contributed by atoms with Crippen molar-refractivity contribution < 1.29 is 24.2 Å². The van der Waals surface area contributed by atoms with Crippen LogP contribution in [0.1, 0.15) is 48.9 Å². The molecule has 2 N–H and O–H groups in total. The summed E-state index contributed by atoms with van der Waals surface area (Å²) in [7, 11) is -0.768.